The van der Waals surface area contributed by atoms with Gasteiger partial charge in [0.2, 0.25) is 0 Å². The minimum atomic E-state index is 0.255. The van der Waals surface area contributed by atoms with E-state index in [1.807, 2.05) is 12.1 Å². The predicted molar refractivity (Wildman–Crippen MR) is 91.3 cm³/mol. The van der Waals surface area contributed by atoms with E-state index in [0.717, 1.165) is 36.4 Å². The molecule has 5 heteroatoms. The van der Waals surface area contributed by atoms with Crippen molar-refractivity contribution in [2.75, 3.05) is 33.3 Å². The molecule has 3 rings (SSSR count). The first kappa shape index (κ1) is 15.0. The highest BCUT2D eigenvalue weighted by Crippen LogP contribution is 2.37. The number of piperazine rings is 1. The molecule has 2 heterocycles. The fraction of sp³-hybridized carbons (Fsp3) is 0.375. The average Bonchev–Trinajstić information content (AvgIpc) is 3.03. The summed E-state index contributed by atoms with van der Waals surface area (Å²) in [5.41, 5.74) is 2.57. The van der Waals surface area contributed by atoms with Crippen LogP contribution in [0.2, 0.25) is 0 Å². The van der Waals surface area contributed by atoms with E-state index in [0.29, 0.717) is 0 Å². The summed E-state index contributed by atoms with van der Waals surface area (Å²) < 4.78 is 6.70. The van der Waals surface area contributed by atoms with Gasteiger partial charge in [-0.25, -0.2) is 0 Å². The van der Waals surface area contributed by atoms with Crippen LogP contribution < -0.4 is 10.1 Å². The van der Waals surface area contributed by atoms with Crippen LogP contribution in [0.5, 0.6) is 5.75 Å². The number of hydrogen-bond donors (Lipinski definition) is 1. The quantitative estimate of drug-likeness (QED) is 0.895. The van der Waals surface area contributed by atoms with E-state index in [4.69, 9.17) is 4.74 Å². The Morgan fingerprint density at radius 3 is 2.76 bits per heavy atom. The van der Waals surface area contributed by atoms with Crippen LogP contribution in [0, 0.1) is 0 Å². The second kappa shape index (κ2) is 6.92. The third kappa shape index (κ3) is 3.31. The monoisotopic (exact) mass is 366 g/mol. The third-order valence-corrected chi connectivity index (χ3v) is 5.06. The summed E-state index contributed by atoms with van der Waals surface area (Å²) in [6.07, 6.45) is 0. The molecule has 1 aliphatic rings. The topological polar surface area (TPSA) is 24.5 Å². The summed E-state index contributed by atoms with van der Waals surface area (Å²) in [4.78, 5) is 2.53. The van der Waals surface area contributed by atoms with E-state index in [-0.39, 0.29) is 6.04 Å². The van der Waals surface area contributed by atoms with Gasteiger partial charge in [0.25, 0.3) is 0 Å². The van der Waals surface area contributed by atoms with Gasteiger partial charge in [0, 0.05) is 36.2 Å². The molecule has 0 spiro atoms. The average molecular weight is 367 g/mol. The zero-order valence-corrected chi connectivity index (χ0v) is 14.4. The van der Waals surface area contributed by atoms with E-state index in [2.05, 4.69) is 49.0 Å². The van der Waals surface area contributed by atoms with Crippen molar-refractivity contribution in [1.82, 2.24) is 10.2 Å². The van der Waals surface area contributed by atoms with E-state index < -0.39 is 0 Å². The molecule has 1 fully saturated rings. The minimum Gasteiger partial charge on any atom is -0.496 e. The summed E-state index contributed by atoms with van der Waals surface area (Å²) in [5.74, 6) is 0.952. The van der Waals surface area contributed by atoms with E-state index in [9.17, 15) is 0 Å². The Kier molecular flexibility index (Phi) is 4.95. The number of thiophene rings is 1. The van der Waals surface area contributed by atoms with E-state index >= 15 is 0 Å². The zero-order valence-electron chi connectivity index (χ0n) is 12.0. The fourth-order valence-electron chi connectivity index (χ4n) is 2.88. The molecule has 1 saturated heterocycles. The lowest BCUT2D eigenvalue weighted by Crippen LogP contribution is -2.45. The van der Waals surface area contributed by atoms with Gasteiger partial charge >= 0.3 is 0 Å². The summed E-state index contributed by atoms with van der Waals surface area (Å²) in [6, 6.07) is 8.73. The standard InChI is InChI=1S/C16H19BrN2OS/c1-20-15-3-2-13(17)10-14(15)16(12-4-9-21-11-12)19-7-5-18-6-8-19/h2-4,9-11,16,18H,5-8H2,1H3. The van der Waals surface area contributed by atoms with Crippen LogP contribution >= 0.6 is 27.3 Å². The Morgan fingerprint density at radius 2 is 2.10 bits per heavy atom. The molecule has 0 radical (unpaired) electrons. The molecular weight excluding hydrogens is 348 g/mol. The molecule has 1 aliphatic heterocycles. The molecular formula is C16H19BrN2OS. The Hall–Kier alpha value is -0.880. The molecule has 1 unspecified atom stereocenters. The van der Waals surface area contributed by atoms with Gasteiger partial charge in [-0.1, -0.05) is 15.9 Å². The van der Waals surface area contributed by atoms with Crippen molar-refractivity contribution in [3.8, 4) is 5.75 Å². The summed E-state index contributed by atoms with van der Waals surface area (Å²) in [6.45, 7) is 4.18. The van der Waals surface area contributed by atoms with Gasteiger partial charge < -0.3 is 10.1 Å². The smallest absolute Gasteiger partial charge is 0.124 e. The van der Waals surface area contributed by atoms with Crippen LogP contribution in [0.1, 0.15) is 17.2 Å². The van der Waals surface area contributed by atoms with Crippen molar-refractivity contribution >= 4 is 27.3 Å². The molecule has 0 saturated carbocycles. The van der Waals surface area contributed by atoms with Crippen LogP contribution in [0.25, 0.3) is 0 Å². The normalized spacial score (nSPS) is 17.6. The summed E-state index contributed by atoms with van der Waals surface area (Å²) in [5, 5.41) is 7.82. The SMILES string of the molecule is COc1ccc(Br)cc1C(c1ccsc1)N1CCNCC1. The highest BCUT2D eigenvalue weighted by Gasteiger charge is 2.26. The summed E-state index contributed by atoms with van der Waals surface area (Å²) in [7, 11) is 1.75. The van der Waals surface area contributed by atoms with Gasteiger partial charge in [-0.2, -0.15) is 11.3 Å². The third-order valence-electron chi connectivity index (χ3n) is 3.86. The number of hydrogen-bond acceptors (Lipinski definition) is 4. The van der Waals surface area contributed by atoms with E-state index in [1.165, 1.54) is 11.1 Å². The first-order valence-corrected chi connectivity index (χ1v) is 8.83. The number of rotatable bonds is 4. The molecule has 0 bridgehead atoms. The second-order valence-electron chi connectivity index (χ2n) is 5.13. The van der Waals surface area contributed by atoms with Crippen molar-refractivity contribution < 1.29 is 4.74 Å². The minimum absolute atomic E-state index is 0.255. The largest absolute Gasteiger partial charge is 0.496 e. The van der Waals surface area contributed by atoms with Gasteiger partial charge in [0.15, 0.2) is 0 Å². The lowest BCUT2D eigenvalue weighted by atomic mass is 9.98. The first-order chi connectivity index (χ1) is 10.3. The second-order valence-corrected chi connectivity index (χ2v) is 6.83. The maximum absolute atomic E-state index is 5.61. The molecule has 3 nitrogen and oxygen atoms in total. The van der Waals surface area contributed by atoms with Crippen molar-refractivity contribution in [1.29, 1.82) is 0 Å². The van der Waals surface area contributed by atoms with Crippen LogP contribution in [0.4, 0.5) is 0 Å². The maximum atomic E-state index is 5.61. The molecule has 1 N–H and O–H groups in total. The highest BCUT2D eigenvalue weighted by molar-refractivity contribution is 9.10. The molecule has 1 atom stereocenters. The van der Waals surface area contributed by atoms with Gasteiger partial charge in [0.1, 0.15) is 5.75 Å². The van der Waals surface area contributed by atoms with Crippen LogP contribution in [-0.2, 0) is 0 Å². The zero-order chi connectivity index (χ0) is 14.7. The lowest BCUT2D eigenvalue weighted by molar-refractivity contribution is 0.195. The molecule has 0 amide bonds. The first-order valence-electron chi connectivity index (χ1n) is 7.10. The highest BCUT2D eigenvalue weighted by atomic mass is 79.9. The molecule has 0 aliphatic carbocycles. The number of halogens is 1. The van der Waals surface area contributed by atoms with E-state index in [1.54, 1.807) is 18.4 Å². The Morgan fingerprint density at radius 1 is 1.29 bits per heavy atom. The van der Waals surface area contributed by atoms with Gasteiger partial charge in [-0.05, 0) is 40.6 Å². The Balaban J connectivity index is 2.04. The number of methoxy groups -OCH3 is 1. The Bertz CT molecular complexity index is 582. The maximum Gasteiger partial charge on any atom is 0.124 e. The fourth-order valence-corrected chi connectivity index (χ4v) is 3.93. The molecule has 1 aromatic heterocycles. The lowest BCUT2D eigenvalue weighted by Gasteiger charge is -2.35. The van der Waals surface area contributed by atoms with Crippen LogP contribution in [-0.4, -0.2) is 38.2 Å². The number of nitrogens with one attached hydrogen (secondary N) is 1. The predicted octanol–water partition coefficient (Wildman–Crippen LogP) is 3.51. The molecule has 2 aromatic rings. The molecule has 1 aromatic carbocycles. The van der Waals surface area contributed by atoms with Crippen molar-refractivity contribution in [3.05, 3.63) is 50.6 Å². The molecule has 21 heavy (non-hydrogen) atoms. The van der Waals surface area contributed by atoms with Crippen molar-refractivity contribution in [2.24, 2.45) is 0 Å². The van der Waals surface area contributed by atoms with Gasteiger partial charge in [-0.3, -0.25) is 4.90 Å². The Labute approximate surface area is 138 Å². The van der Waals surface area contributed by atoms with Crippen LogP contribution in [0.15, 0.2) is 39.5 Å². The number of nitrogens with zero attached hydrogens (tertiary/aromatic N) is 1. The number of ether oxygens (including phenoxy) is 1. The van der Waals surface area contributed by atoms with Crippen molar-refractivity contribution in [2.45, 2.75) is 6.04 Å². The van der Waals surface area contributed by atoms with Crippen LogP contribution in [0.3, 0.4) is 0 Å². The number of benzene rings is 1. The molecule has 112 valence electrons. The van der Waals surface area contributed by atoms with Gasteiger partial charge in [-0.15, -0.1) is 0 Å². The van der Waals surface area contributed by atoms with Gasteiger partial charge in [0.05, 0.1) is 13.2 Å². The van der Waals surface area contributed by atoms with Crippen molar-refractivity contribution in [3.63, 3.8) is 0 Å². The summed E-state index contributed by atoms with van der Waals surface area (Å²) >= 11 is 5.35.